The molecule has 0 aliphatic carbocycles. The number of hydrogen-bond acceptors (Lipinski definition) is 4. The van der Waals surface area contributed by atoms with Crippen LogP contribution in [0.15, 0.2) is 47.4 Å². The van der Waals surface area contributed by atoms with E-state index >= 15 is 0 Å². The molecule has 0 saturated carbocycles. The van der Waals surface area contributed by atoms with Crippen LogP contribution in [0.5, 0.6) is 0 Å². The van der Waals surface area contributed by atoms with Crippen LogP contribution in [0.4, 0.5) is 10.1 Å². The number of rotatable bonds is 8. The van der Waals surface area contributed by atoms with E-state index in [2.05, 4.69) is 15.4 Å². The third-order valence-electron chi connectivity index (χ3n) is 3.68. The molecule has 0 aromatic heterocycles. The van der Waals surface area contributed by atoms with E-state index in [1.54, 1.807) is 0 Å². The number of carbonyl (C=O) groups excluding carboxylic acids is 1. The molecule has 2 aromatic rings. The van der Waals surface area contributed by atoms with Crippen molar-refractivity contribution in [2.45, 2.75) is 18.7 Å². The fourth-order valence-corrected chi connectivity index (χ4v) is 3.37. The fourth-order valence-electron chi connectivity index (χ4n) is 2.23. The van der Waals surface area contributed by atoms with Gasteiger partial charge in [0.1, 0.15) is 5.82 Å². The molecule has 0 heterocycles. The number of hydrogen-bond donors (Lipinski definition) is 3. The lowest BCUT2D eigenvalue weighted by Crippen LogP contribution is -2.31. The van der Waals surface area contributed by atoms with Gasteiger partial charge in [0, 0.05) is 24.3 Å². The lowest BCUT2D eigenvalue weighted by molar-refractivity contribution is 0.0954. The number of likely N-dealkylation sites (N-methyl/N-ethyl adjacent to an activating group) is 1. The molecular weight excluding hydrogens is 393 g/mol. The van der Waals surface area contributed by atoms with Gasteiger partial charge in [0.15, 0.2) is 0 Å². The van der Waals surface area contributed by atoms with Crippen LogP contribution in [0.2, 0.25) is 0 Å². The normalized spacial score (nSPS) is 10.8. The lowest BCUT2D eigenvalue weighted by Gasteiger charge is -2.10. The Balaban J connectivity index is 0.00000364. The van der Waals surface area contributed by atoms with Crippen molar-refractivity contribution >= 4 is 34.0 Å². The van der Waals surface area contributed by atoms with Crippen molar-refractivity contribution in [2.24, 2.45) is 0 Å². The van der Waals surface area contributed by atoms with Crippen molar-refractivity contribution in [1.82, 2.24) is 10.6 Å². The van der Waals surface area contributed by atoms with Gasteiger partial charge in [-0.15, -0.1) is 12.4 Å². The summed E-state index contributed by atoms with van der Waals surface area (Å²) in [7, 11) is -3.83. The van der Waals surface area contributed by atoms with Gasteiger partial charge in [-0.3, -0.25) is 9.52 Å². The van der Waals surface area contributed by atoms with Crippen molar-refractivity contribution in [2.75, 3.05) is 24.4 Å². The Morgan fingerprint density at radius 3 is 2.33 bits per heavy atom. The summed E-state index contributed by atoms with van der Waals surface area (Å²) in [5, 5.41) is 5.86. The molecule has 0 radical (unpaired) electrons. The van der Waals surface area contributed by atoms with Gasteiger partial charge in [-0.2, -0.15) is 0 Å². The summed E-state index contributed by atoms with van der Waals surface area (Å²) in [5.41, 5.74) is 0.996. The molecule has 27 heavy (non-hydrogen) atoms. The maximum Gasteiger partial charge on any atom is 0.261 e. The molecule has 0 spiro atoms. The van der Waals surface area contributed by atoms with Crippen LogP contribution < -0.4 is 15.4 Å². The molecule has 0 fully saturated rings. The molecule has 0 aliphatic heterocycles. The number of benzene rings is 2. The highest BCUT2D eigenvalue weighted by Crippen LogP contribution is 2.19. The molecule has 0 aliphatic rings. The number of aryl methyl sites for hydroxylation is 1. The smallest absolute Gasteiger partial charge is 0.261 e. The number of sulfonamides is 1. The molecule has 6 nitrogen and oxygen atoms in total. The van der Waals surface area contributed by atoms with Crippen LogP contribution in [-0.4, -0.2) is 34.0 Å². The molecule has 2 rings (SSSR count). The van der Waals surface area contributed by atoms with Crippen LogP contribution in [0.1, 0.15) is 22.8 Å². The zero-order valence-electron chi connectivity index (χ0n) is 15.1. The summed E-state index contributed by atoms with van der Waals surface area (Å²) >= 11 is 0. The summed E-state index contributed by atoms with van der Waals surface area (Å²) < 4.78 is 40.5. The van der Waals surface area contributed by atoms with Gasteiger partial charge in [0.2, 0.25) is 0 Å². The molecule has 148 valence electrons. The van der Waals surface area contributed by atoms with Crippen molar-refractivity contribution < 1.29 is 17.6 Å². The minimum absolute atomic E-state index is 0. The predicted octanol–water partition coefficient (Wildman–Crippen LogP) is 2.70. The molecule has 0 unspecified atom stereocenters. The van der Waals surface area contributed by atoms with Crippen molar-refractivity contribution in [3.63, 3.8) is 0 Å². The third-order valence-corrected chi connectivity index (χ3v) is 5.06. The minimum Gasteiger partial charge on any atom is -0.351 e. The number of nitrogens with one attached hydrogen (secondary N) is 3. The maximum absolute atomic E-state index is 13.3. The van der Waals surface area contributed by atoms with Crippen molar-refractivity contribution in [3.05, 3.63) is 59.4 Å². The van der Waals surface area contributed by atoms with E-state index in [9.17, 15) is 17.6 Å². The van der Waals surface area contributed by atoms with E-state index in [-0.39, 0.29) is 28.8 Å². The molecule has 0 bridgehead atoms. The predicted molar refractivity (Wildman–Crippen MR) is 107 cm³/mol. The van der Waals surface area contributed by atoms with E-state index in [0.717, 1.165) is 12.6 Å². The summed E-state index contributed by atoms with van der Waals surface area (Å²) in [6, 6.07) is 9.68. The number of amides is 1. The van der Waals surface area contributed by atoms with E-state index in [0.29, 0.717) is 24.3 Å². The maximum atomic E-state index is 13.3. The minimum atomic E-state index is -3.83. The van der Waals surface area contributed by atoms with Crippen LogP contribution in [0.25, 0.3) is 0 Å². The van der Waals surface area contributed by atoms with Gasteiger partial charge in [0.25, 0.3) is 15.9 Å². The monoisotopic (exact) mass is 415 g/mol. The molecule has 1 amide bonds. The second kappa shape index (κ2) is 10.2. The molecule has 9 heteroatoms. The molecule has 0 atom stereocenters. The zero-order chi connectivity index (χ0) is 19.2. The average Bonchev–Trinajstić information content (AvgIpc) is 2.61. The number of carbonyl (C=O) groups is 1. The van der Waals surface area contributed by atoms with E-state index in [1.807, 2.05) is 6.92 Å². The van der Waals surface area contributed by atoms with Crippen LogP contribution in [-0.2, 0) is 10.0 Å². The number of anilines is 1. The molecule has 3 N–H and O–H groups in total. The lowest BCUT2D eigenvalue weighted by atomic mass is 10.2. The van der Waals surface area contributed by atoms with Crippen molar-refractivity contribution in [1.29, 1.82) is 0 Å². The first-order chi connectivity index (χ1) is 12.3. The van der Waals surface area contributed by atoms with Gasteiger partial charge in [0.05, 0.1) is 4.90 Å². The fraction of sp³-hybridized carbons (Fsp3) is 0.278. The third kappa shape index (κ3) is 6.50. The first kappa shape index (κ1) is 22.9. The quantitative estimate of drug-likeness (QED) is 0.578. The zero-order valence-corrected chi connectivity index (χ0v) is 16.7. The Kier molecular flexibility index (Phi) is 8.68. The molecule has 0 saturated heterocycles. The standard InChI is InChI=1S/C18H22FN3O3S.ClH/c1-3-20-10-11-21-18(23)14-4-6-15(7-5-14)22-26(24,25)16-8-9-17(19)13(2)12-16;/h4-9,12,20,22H,3,10-11H2,1-2H3,(H,21,23);1H. The van der Waals surface area contributed by atoms with E-state index < -0.39 is 15.8 Å². The average molecular weight is 416 g/mol. The van der Waals surface area contributed by atoms with Gasteiger partial charge < -0.3 is 10.6 Å². The molecular formula is C18H23ClFN3O3S. The van der Waals surface area contributed by atoms with Gasteiger partial charge in [-0.25, -0.2) is 12.8 Å². The van der Waals surface area contributed by atoms with Gasteiger partial charge in [-0.1, -0.05) is 6.92 Å². The second-order valence-corrected chi connectivity index (χ2v) is 7.39. The second-order valence-electron chi connectivity index (χ2n) is 5.70. The van der Waals surface area contributed by atoms with Gasteiger partial charge in [-0.05, 0) is 61.5 Å². The Morgan fingerprint density at radius 2 is 1.74 bits per heavy atom. The largest absolute Gasteiger partial charge is 0.351 e. The summed E-state index contributed by atoms with van der Waals surface area (Å²) in [6.45, 7) is 5.49. The highest BCUT2D eigenvalue weighted by atomic mass is 35.5. The van der Waals surface area contributed by atoms with Gasteiger partial charge >= 0.3 is 0 Å². The van der Waals surface area contributed by atoms with E-state index in [1.165, 1.54) is 43.3 Å². The summed E-state index contributed by atoms with van der Waals surface area (Å²) in [5.74, 6) is -0.695. The highest BCUT2D eigenvalue weighted by molar-refractivity contribution is 7.92. The summed E-state index contributed by atoms with van der Waals surface area (Å²) in [4.78, 5) is 12.0. The topological polar surface area (TPSA) is 87.3 Å². The van der Waals surface area contributed by atoms with Crippen LogP contribution in [0, 0.1) is 12.7 Å². The Labute approximate surface area is 165 Å². The SMILES string of the molecule is CCNCCNC(=O)c1ccc(NS(=O)(=O)c2ccc(F)c(C)c2)cc1.Cl. The van der Waals surface area contributed by atoms with E-state index in [4.69, 9.17) is 0 Å². The first-order valence-electron chi connectivity index (χ1n) is 8.21. The Hall–Kier alpha value is -2.16. The summed E-state index contributed by atoms with van der Waals surface area (Å²) in [6.07, 6.45) is 0. The Morgan fingerprint density at radius 1 is 1.07 bits per heavy atom. The number of halogens is 2. The highest BCUT2D eigenvalue weighted by Gasteiger charge is 2.16. The first-order valence-corrected chi connectivity index (χ1v) is 9.70. The van der Waals surface area contributed by atoms with Crippen LogP contribution >= 0.6 is 12.4 Å². The molecule has 2 aromatic carbocycles. The van der Waals surface area contributed by atoms with Crippen molar-refractivity contribution in [3.8, 4) is 0 Å². The Bertz CT molecular complexity index is 874. The van der Waals surface area contributed by atoms with Crippen LogP contribution in [0.3, 0.4) is 0 Å².